The second-order valence-electron chi connectivity index (χ2n) is 8.26. The van der Waals surface area contributed by atoms with Crippen LogP contribution in [0.3, 0.4) is 0 Å². The van der Waals surface area contributed by atoms with E-state index in [0.717, 1.165) is 51.6 Å². The van der Waals surface area contributed by atoms with Crippen molar-refractivity contribution in [3.63, 3.8) is 0 Å². The SMILES string of the molecule is Cc1c(Cl)ccc2sc(N3CCN(C(=O)C4=COC5CCCCC5C4=O)CC3)nc12. The number of ether oxygens (including phenoxy) is 1. The van der Waals surface area contributed by atoms with Gasteiger partial charge in [-0.2, -0.15) is 0 Å². The molecule has 8 heteroatoms. The van der Waals surface area contributed by atoms with Crippen molar-refractivity contribution in [2.45, 2.75) is 38.7 Å². The van der Waals surface area contributed by atoms with Gasteiger partial charge in [0.15, 0.2) is 10.9 Å². The number of anilines is 1. The number of aryl methyl sites for hydroxylation is 1. The zero-order chi connectivity index (χ0) is 20.8. The third-order valence-corrected chi connectivity index (χ3v) is 7.96. The van der Waals surface area contributed by atoms with E-state index in [1.54, 1.807) is 16.2 Å². The summed E-state index contributed by atoms with van der Waals surface area (Å²) in [6, 6.07) is 3.91. The van der Waals surface area contributed by atoms with Gasteiger partial charge in [-0.25, -0.2) is 4.98 Å². The highest BCUT2D eigenvalue weighted by molar-refractivity contribution is 7.22. The Balaban J connectivity index is 1.27. The lowest BCUT2D eigenvalue weighted by molar-refractivity contribution is -0.135. The highest BCUT2D eigenvalue weighted by Gasteiger charge is 2.40. The maximum atomic E-state index is 13.0. The Morgan fingerprint density at radius 2 is 1.97 bits per heavy atom. The second kappa shape index (κ2) is 7.85. The Hall–Kier alpha value is -2.12. The maximum absolute atomic E-state index is 13.0. The number of ketones is 1. The number of thiazole rings is 1. The van der Waals surface area contributed by atoms with Crippen molar-refractivity contribution < 1.29 is 14.3 Å². The Morgan fingerprint density at radius 1 is 1.20 bits per heavy atom. The molecule has 1 aliphatic carbocycles. The van der Waals surface area contributed by atoms with Crippen molar-refractivity contribution in [1.29, 1.82) is 0 Å². The molecule has 1 saturated heterocycles. The zero-order valence-corrected chi connectivity index (χ0v) is 18.5. The summed E-state index contributed by atoms with van der Waals surface area (Å²) in [5.74, 6) is -0.380. The molecule has 0 spiro atoms. The number of amides is 1. The summed E-state index contributed by atoms with van der Waals surface area (Å²) in [7, 11) is 0. The molecule has 1 aromatic carbocycles. The van der Waals surface area contributed by atoms with Gasteiger partial charge in [0.1, 0.15) is 11.7 Å². The third kappa shape index (κ3) is 3.38. The number of carbonyl (C=O) groups excluding carboxylic acids is 2. The molecule has 2 atom stereocenters. The number of Topliss-reactive ketones (excluding diaryl/α,β-unsaturated/α-hetero) is 1. The molecule has 0 radical (unpaired) electrons. The summed E-state index contributed by atoms with van der Waals surface area (Å²) in [6.07, 6.45) is 5.22. The van der Waals surface area contributed by atoms with Crippen LogP contribution in [-0.4, -0.2) is 53.9 Å². The van der Waals surface area contributed by atoms with Crippen molar-refractivity contribution in [3.8, 4) is 0 Å². The number of rotatable bonds is 2. The smallest absolute Gasteiger partial charge is 0.260 e. The van der Waals surface area contributed by atoms with E-state index in [-0.39, 0.29) is 29.3 Å². The minimum atomic E-state index is -0.199. The fourth-order valence-electron chi connectivity index (χ4n) is 4.62. The summed E-state index contributed by atoms with van der Waals surface area (Å²) in [5.41, 5.74) is 2.16. The zero-order valence-electron chi connectivity index (χ0n) is 16.9. The summed E-state index contributed by atoms with van der Waals surface area (Å²) in [5, 5.41) is 1.67. The molecule has 158 valence electrons. The van der Waals surface area contributed by atoms with Gasteiger partial charge in [-0.15, -0.1) is 0 Å². The quantitative estimate of drug-likeness (QED) is 0.655. The lowest BCUT2D eigenvalue weighted by atomic mass is 9.80. The van der Waals surface area contributed by atoms with Gasteiger partial charge < -0.3 is 14.5 Å². The van der Waals surface area contributed by atoms with Crippen LogP contribution in [0.25, 0.3) is 10.2 Å². The molecule has 2 aliphatic heterocycles. The Labute approximate surface area is 184 Å². The first kappa shape index (κ1) is 19.8. The normalized spacial score (nSPS) is 24.5. The number of halogens is 1. The first-order chi connectivity index (χ1) is 14.5. The van der Waals surface area contributed by atoms with Crippen LogP contribution in [0, 0.1) is 12.8 Å². The lowest BCUT2D eigenvalue weighted by Crippen LogP contribution is -2.51. The van der Waals surface area contributed by atoms with E-state index in [1.165, 1.54) is 6.26 Å². The molecular formula is C22H24ClN3O3S. The van der Waals surface area contributed by atoms with Gasteiger partial charge in [0.25, 0.3) is 5.91 Å². The number of hydrogen-bond donors (Lipinski definition) is 0. The number of hydrogen-bond acceptors (Lipinski definition) is 6. The first-order valence-corrected chi connectivity index (χ1v) is 11.7. The van der Waals surface area contributed by atoms with Crippen LogP contribution in [0.4, 0.5) is 5.13 Å². The molecule has 5 rings (SSSR count). The predicted molar refractivity (Wildman–Crippen MR) is 118 cm³/mol. The van der Waals surface area contributed by atoms with E-state index in [0.29, 0.717) is 26.2 Å². The molecule has 0 N–H and O–H groups in total. The highest BCUT2D eigenvalue weighted by Crippen LogP contribution is 2.35. The summed E-state index contributed by atoms with van der Waals surface area (Å²) < 4.78 is 6.88. The summed E-state index contributed by atoms with van der Waals surface area (Å²) >= 11 is 7.87. The van der Waals surface area contributed by atoms with Gasteiger partial charge >= 0.3 is 0 Å². The monoisotopic (exact) mass is 445 g/mol. The molecule has 0 bridgehead atoms. The fraction of sp³-hybridized carbons (Fsp3) is 0.500. The van der Waals surface area contributed by atoms with E-state index >= 15 is 0 Å². The molecule has 1 amide bonds. The average Bonchev–Trinajstić information content (AvgIpc) is 3.22. The molecule has 2 fully saturated rings. The summed E-state index contributed by atoms with van der Waals surface area (Å²) in [6.45, 7) is 4.48. The largest absolute Gasteiger partial charge is 0.496 e. The Kier molecular flexibility index (Phi) is 5.19. The topological polar surface area (TPSA) is 62.7 Å². The van der Waals surface area contributed by atoms with Gasteiger partial charge in [0.05, 0.1) is 22.4 Å². The third-order valence-electron chi connectivity index (χ3n) is 6.47. The second-order valence-corrected chi connectivity index (χ2v) is 9.67. The Bertz CT molecular complexity index is 1040. The number of piperazine rings is 1. The number of aromatic nitrogens is 1. The van der Waals surface area contributed by atoms with Crippen LogP contribution < -0.4 is 4.90 Å². The van der Waals surface area contributed by atoms with Crippen LogP contribution in [-0.2, 0) is 14.3 Å². The summed E-state index contributed by atoms with van der Waals surface area (Å²) in [4.78, 5) is 34.6. The number of fused-ring (bicyclic) bond motifs is 2. The van der Waals surface area contributed by atoms with Crippen molar-refractivity contribution in [2.75, 3.05) is 31.1 Å². The van der Waals surface area contributed by atoms with Gasteiger partial charge in [-0.3, -0.25) is 9.59 Å². The minimum absolute atomic E-state index is 0.0306. The van der Waals surface area contributed by atoms with Crippen molar-refractivity contribution in [1.82, 2.24) is 9.88 Å². The predicted octanol–water partition coefficient (Wildman–Crippen LogP) is 3.95. The van der Waals surface area contributed by atoms with E-state index in [1.807, 2.05) is 19.1 Å². The van der Waals surface area contributed by atoms with Gasteiger partial charge in [-0.05, 0) is 43.9 Å². The van der Waals surface area contributed by atoms with Crippen molar-refractivity contribution >= 4 is 50.0 Å². The molecule has 3 aliphatic rings. The number of carbonyl (C=O) groups is 2. The molecular weight excluding hydrogens is 422 g/mol. The van der Waals surface area contributed by atoms with Crippen LogP contribution >= 0.6 is 22.9 Å². The molecule has 3 heterocycles. The fourth-order valence-corrected chi connectivity index (χ4v) is 5.85. The van der Waals surface area contributed by atoms with Crippen LogP contribution in [0.1, 0.15) is 31.2 Å². The van der Waals surface area contributed by atoms with E-state index < -0.39 is 0 Å². The molecule has 2 unspecified atom stereocenters. The molecule has 1 saturated carbocycles. The highest BCUT2D eigenvalue weighted by atomic mass is 35.5. The van der Waals surface area contributed by atoms with Crippen LogP contribution in [0.2, 0.25) is 5.02 Å². The van der Waals surface area contributed by atoms with E-state index in [4.69, 9.17) is 21.3 Å². The number of nitrogens with zero attached hydrogens (tertiary/aromatic N) is 3. The van der Waals surface area contributed by atoms with Crippen molar-refractivity contribution in [2.24, 2.45) is 5.92 Å². The molecule has 1 aromatic heterocycles. The number of benzene rings is 1. The van der Waals surface area contributed by atoms with E-state index in [9.17, 15) is 9.59 Å². The van der Waals surface area contributed by atoms with Crippen molar-refractivity contribution in [3.05, 3.63) is 34.6 Å². The van der Waals surface area contributed by atoms with Crippen LogP contribution in [0.5, 0.6) is 0 Å². The maximum Gasteiger partial charge on any atom is 0.260 e. The van der Waals surface area contributed by atoms with Crippen LogP contribution in [0.15, 0.2) is 24.0 Å². The van der Waals surface area contributed by atoms with Gasteiger partial charge in [0.2, 0.25) is 0 Å². The Morgan fingerprint density at radius 3 is 2.77 bits per heavy atom. The standard InChI is InChI=1S/C22H24ClN3O3S/c1-13-16(23)6-7-18-19(13)24-22(30-18)26-10-8-25(9-11-26)21(28)15-12-29-17-5-3-2-4-14(17)20(15)27/h6-7,12,14,17H,2-5,8-11H2,1H3. The average molecular weight is 446 g/mol. The molecule has 6 nitrogen and oxygen atoms in total. The lowest BCUT2D eigenvalue weighted by Gasteiger charge is -2.37. The van der Waals surface area contributed by atoms with Gasteiger partial charge in [-0.1, -0.05) is 29.4 Å². The van der Waals surface area contributed by atoms with Gasteiger partial charge in [0, 0.05) is 31.2 Å². The first-order valence-electron chi connectivity index (χ1n) is 10.5. The molecule has 2 aromatic rings. The van der Waals surface area contributed by atoms with E-state index in [2.05, 4.69) is 4.90 Å². The minimum Gasteiger partial charge on any atom is -0.496 e. The molecule has 30 heavy (non-hydrogen) atoms.